The minimum Gasteiger partial charge on any atom is -0.492 e. The van der Waals surface area contributed by atoms with E-state index in [1.54, 1.807) is 6.20 Å². The topological polar surface area (TPSA) is 51.2 Å². The van der Waals surface area contributed by atoms with Gasteiger partial charge in [-0.1, -0.05) is 15.9 Å². The number of carbonyl (C=O) groups is 1. The first-order chi connectivity index (χ1) is 9.22. The highest BCUT2D eigenvalue weighted by Crippen LogP contribution is 2.29. The van der Waals surface area contributed by atoms with Crippen LogP contribution >= 0.6 is 15.9 Å². The lowest BCUT2D eigenvalue weighted by Crippen LogP contribution is -2.16. The van der Waals surface area contributed by atoms with Crippen LogP contribution in [0, 0.1) is 5.92 Å². The van der Waals surface area contributed by atoms with E-state index in [9.17, 15) is 4.79 Å². The quantitative estimate of drug-likeness (QED) is 0.945. The van der Waals surface area contributed by atoms with Gasteiger partial charge in [0, 0.05) is 34.9 Å². The molecule has 1 aromatic heterocycles. The van der Waals surface area contributed by atoms with Crippen LogP contribution in [0.15, 0.2) is 34.9 Å². The second-order valence-electron chi connectivity index (χ2n) is 4.66. The molecule has 2 aromatic rings. The Morgan fingerprint density at radius 3 is 3.16 bits per heavy atom. The Kier molecular flexibility index (Phi) is 3.38. The van der Waals surface area contributed by atoms with E-state index in [1.807, 2.05) is 24.3 Å². The zero-order valence-corrected chi connectivity index (χ0v) is 11.8. The van der Waals surface area contributed by atoms with E-state index in [0.29, 0.717) is 19.6 Å². The number of amides is 1. The summed E-state index contributed by atoms with van der Waals surface area (Å²) >= 11 is 3.46. The fraction of sp³-hybridized carbons (Fsp3) is 0.286. The molecule has 0 spiro atoms. The Morgan fingerprint density at radius 2 is 2.37 bits per heavy atom. The van der Waals surface area contributed by atoms with Crippen LogP contribution in [0.1, 0.15) is 6.42 Å². The van der Waals surface area contributed by atoms with Gasteiger partial charge in [-0.25, -0.2) is 0 Å². The van der Waals surface area contributed by atoms with E-state index in [0.717, 1.165) is 21.1 Å². The SMILES string of the molecule is O=C1C[C@@H](COc2cc(Br)cc3ncccc23)CN1. The number of halogens is 1. The minimum atomic E-state index is 0.106. The maximum atomic E-state index is 11.1. The van der Waals surface area contributed by atoms with Crippen molar-refractivity contribution in [2.24, 2.45) is 5.92 Å². The molecule has 5 heteroatoms. The Bertz CT molecular complexity index is 630. The third-order valence-electron chi connectivity index (χ3n) is 3.18. The molecular weight excluding hydrogens is 308 g/mol. The third-order valence-corrected chi connectivity index (χ3v) is 3.64. The number of carbonyl (C=O) groups excluding carboxylic acids is 1. The summed E-state index contributed by atoms with van der Waals surface area (Å²) in [6, 6.07) is 7.78. The van der Waals surface area contributed by atoms with Crippen molar-refractivity contribution in [3.05, 3.63) is 34.9 Å². The number of nitrogens with one attached hydrogen (secondary N) is 1. The van der Waals surface area contributed by atoms with Gasteiger partial charge in [0.25, 0.3) is 0 Å². The van der Waals surface area contributed by atoms with Crippen LogP contribution < -0.4 is 10.1 Å². The monoisotopic (exact) mass is 320 g/mol. The lowest BCUT2D eigenvalue weighted by atomic mass is 10.1. The van der Waals surface area contributed by atoms with E-state index in [1.165, 1.54) is 0 Å². The van der Waals surface area contributed by atoms with Crippen LogP contribution in [0.3, 0.4) is 0 Å². The van der Waals surface area contributed by atoms with E-state index >= 15 is 0 Å². The van der Waals surface area contributed by atoms with Gasteiger partial charge in [-0.05, 0) is 24.3 Å². The van der Waals surface area contributed by atoms with Crippen LogP contribution in [-0.2, 0) is 4.79 Å². The van der Waals surface area contributed by atoms with Crippen molar-refractivity contribution < 1.29 is 9.53 Å². The molecular formula is C14H13BrN2O2. The summed E-state index contributed by atoms with van der Waals surface area (Å²) in [6.45, 7) is 1.24. The van der Waals surface area contributed by atoms with E-state index in [-0.39, 0.29) is 11.8 Å². The highest BCUT2D eigenvalue weighted by molar-refractivity contribution is 9.10. The predicted molar refractivity (Wildman–Crippen MR) is 76.1 cm³/mol. The summed E-state index contributed by atoms with van der Waals surface area (Å²) < 4.78 is 6.81. The van der Waals surface area contributed by atoms with Crippen molar-refractivity contribution in [2.75, 3.05) is 13.2 Å². The summed E-state index contributed by atoms with van der Waals surface area (Å²) in [5.41, 5.74) is 0.896. The molecule has 0 unspecified atom stereocenters. The zero-order valence-electron chi connectivity index (χ0n) is 10.2. The highest BCUT2D eigenvalue weighted by atomic mass is 79.9. The van der Waals surface area contributed by atoms with Gasteiger partial charge in [0.05, 0.1) is 12.1 Å². The molecule has 1 fully saturated rings. The lowest BCUT2D eigenvalue weighted by molar-refractivity contribution is -0.119. The minimum absolute atomic E-state index is 0.106. The normalized spacial score (nSPS) is 18.6. The lowest BCUT2D eigenvalue weighted by Gasteiger charge is -2.12. The number of ether oxygens (including phenoxy) is 1. The molecule has 3 rings (SSSR count). The molecule has 1 aromatic carbocycles. The van der Waals surface area contributed by atoms with Crippen LogP contribution in [-0.4, -0.2) is 24.0 Å². The number of nitrogens with zero attached hydrogens (tertiary/aromatic N) is 1. The number of benzene rings is 1. The Hall–Kier alpha value is -1.62. The second kappa shape index (κ2) is 5.17. The number of hydrogen-bond donors (Lipinski definition) is 1. The predicted octanol–water partition coefficient (Wildman–Crippen LogP) is 2.51. The molecule has 1 atom stereocenters. The molecule has 1 amide bonds. The number of hydrogen-bond acceptors (Lipinski definition) is 3. The van der Waals surface area contributed by atoms with Crippen molar-refractivity contribution in [3.63, 3.8) is 0 Å². The summed E-state index contributed by atoms with van der Waals surface area (Å²) in [4.78, 5) is 15.5. The summed E-state index contributed by atoms with van der Waals surface area (Å²) in [5.74, 6) is 1.16. The van der Waals surface area contributed by atoms with Gasteiger partial charge in [0.1, 0.15) is 5.75 Å². The average Bonchev–Trinajstić information content (AvgIpc) is 2.81. The van der Waals surface area contributed by atoms with Crippen molar-refractivity contribution >= 4 is 32.7 Å². The Morgan fingerprint density at radius 1 is 1.47 bits per heavy atom. The smallest absolute Gasteiger partial charge is 0.220 e. The van der Waals surface area contributed by atoms with Gasteiger partial charge in [-0.3, -0.25) is 9.78 Å². The molecule has 1 saturated heterocycles. The first kappa shape index (κ1) is 12.4. The van der Waals surface area contributed by atoms with Gasteiger partial charge in [0.15, 0.2) is 0 Å². The Balaban J connectivity index is 1.82. The van der Waals surface area contributed by atoms with Gasteiger partial charge < -0.3 is 10.1 Å². The van der Waals surface area contributed by atoms with E-state index in [4.69, 9.17) is 4.74 Å². The summed E-state index contributed by atoms with van der Waals surface area (Å²) in [7, 11) is 0. The van der Waals surface area contributed by atoms with Crippen LogP contribution in [0.5, 0.6) is 5.75 Å². The van der Waals surface area contributed by atoms with E-state index < -0.39 is 0 Å². The van der Waals surface area contributed by atoms with Crippen molar-refractivity contribution in [3.8, 4) is 5.75 Å². The van der Waals surface area contributed by atoms with Crippen LogP contribution in [0.4, 0.5) is 0 Å². The third kappa shape index (κ3) is 2.71. The Labute approximate surface area is 119 Å². The molecule has 1 aliphatic rings. The standard InChI is InChI=1S/C14H13BrN2O2/c15-10-5-12-11(2-1-3-16-12)13(6-10)19-8-9-4-14(18)17-7-9/h1-3,5-6,9H,4,7-8H2,(H,17,18)/t9-/m1/s1. The molecule has 2 heterocycles. The number of aromatic nitrogens is 1. The summed E-state index contributed by atoms with van der Waals surface area (Å²) in [6.07, 6.45) is 2.31. The molecule has 19 heavy (non-hydrogen) atoms. The van der Waals surface area contributed by atoms with Crippen LogP contribution in [0.2, 0.25) is 0 Å². The number of pyridine rings is 1. The van der Waals surface area contributed by atoms with Gasteiger partial charge in [-0.15, -0.1) is 0 Å². The van der Waals surface area contributed by atoms with Crippen LogP contribution in [0.25, 0.3) is 10.9 Å². The molecule has 0 bridgehead atoms. The maximum Gasteiger partial charge on any atom is 0.220 e. The molecule has 0 radical (unpaired) electrons. The van der Waals surface area contributed by atoms with Crippen molar-refractivity contribution in [1.82, 2.24) is 10.3 Å². The first-order valence-corrected chi connectivity index (χ1v) is 6.95. The first-order valence-electron chi connectivity index (χ1n) is 6.16. The van der Waals surface area contributed by atoms with Crippen molar-refractivity contribution in [2.45, 2.75) is 6.42 Å². The van der Waals surface area contributed by atoms with Gasteiger partial charge >= 0.3 is 0 Å². The maximum absolute atomic E-state index is 11.1. The molecule has 1 aliphatic heterocycles. The van der Waals surface area contributed by atoms with Crippen molar-refractivity contribution in [1.29, 1.82) is 0 Å². The molecule has 1 N–H and O–H groups in total. The second-order valence-corrected chi connectivity index (χ2v) is 5.57. The molecule has 0 saturated carbocycles. The highest BCUT2D eigenvalue weighted by Gasteiger charge is 2.22. The molecule has 98 valence electrons. The summed E-state index contributed by atoms with van der Waals surface area (Å²) in [5, 5.41) is 3.80. The van der Waals surface area contributed by atoms with Gasteiger partial charge in [-0.2, -0.15) is 0 Å². The van der Waals surface area contributed by atoms with E-state index in [2.05, 4.69) is 26.2 Å². The molecule has 0 aliphatic carbocycles. The zero-order chi connectivity index (χ0) is 13.2. The number of rotatable bonds is 3. The molecule has 4 nitrogen and oxygen atoms in total. The fourth-order valence-corrected chi connectivity index (χ4v) is 2.65. The average molecular weight is 321 g/mol. The number of fused-ring (bicyclic) bond motifs is 1. The van der Waals surface area contributed by atoms with Gasteiger partial charge in [0.2, 0.25) is 5.91 Å². The fourth-order valence-electron chi connectivity index (χ4n) is 2.23. The largest absolute Gasteiger partial charge is 0.492 e.